The Morgan fingerprint density at radius 2 is 1.70 bits per heavy atom. The second kappa shape index (κ2) is 9.95. The Hall–Kier alpha value is -1.78. The molecular formula is C23H30N2OS. The summed E-state index contributed by atoms with van der Waals surface area (Å²) in [6.07, 6.45) is 2.63. The van der Waals surface area contributed by atoms with E-state index in [0.717, 1.165) is 12.3 Å². The lowest BCUT2D eigenvalue weighted by molar-refractivity contribution is -0.118. The van der Waals surface area contributed by atoms with E-state index in [2.05, 4.69) is 66.5 Å². The lowest BCUT2D eigenvalue weighted by atomic mass is 10.1. The quantitative estimate of drug-likeness (QED) is 0.732. The van der Waals surface area contributed by atoms with E-state index in [1.165, 1.54) is 53.7 Å². The van der Waals surface area contributed by atoms with Gasteiger partial charge in [-0.25, -0.2) is 0 Å². The van der Waals surface area contributed by atoms with Crippen LogP contribution in [-0.2, 0) is 23.6 Å². The molecule has 4 heteroatoms. The molecule has 1 aliphatic rings. The third kappa shape index (κ3) is 6.71. The van der Waals surface area contributed by atoms with Crippen molar-refractivity contribution < 1.29 is 4.79 Å². The van der Waals surface area contributed by atoms with Crippen LogP contribution in [0, 0.1) is 13.8 Å². The van der Waals surface area contributed by atoms with E-state index in [-0.39, 0.29) is 5.91 Å². The van der Waals surface area contributed by atoms with Crippen LogP contribution in [0.15, 0.2) is 42.5 Å². The number of carbonyl (C=O) groups excluding carboxylic acids is 1. The van der Waals surface area contributed by atoms with Gasteiger partial charge in [0.25, 0.3) is 0 Å². The van der Waals surface area contributed by atoms with Crippen LogP contribution in [0.3, 0.4) is 0 Å². The third-order valence-electron chi connectivity index (χ3n) is 4.87. The molecule has 0 atom stereocenters. The van der Waals surface area contributed by atoms with Crippen LogP contribution in [0.4, 0.5) is 0 Å². The van der Waals surface area contributed by atoms with Crippen molar-refractivity contribution in [2.75, 3.05) is 18.8 Å². The highest BCUT2D eigenvalue weighted by atomic mass is 32.2. The topological polar surface area (TPSA) is 32.3 Å². The maximum atomic E-state index is 12.2. The van der Waals surface area contributed by atoms with Crippen LogP contribution in [0.1, 0.15) is 40.7 Å². The summed E-state index contributed by atoms with van der Waals surface area (Å²) in [5, 5.41) is 3.06. The minimum Gasteiger partial charge on any atom is -0.351 e. The van der Waals surface area contributed by atoms with Crippen molar-refractivity contribution in [2.45, 2.75) is 45.5 Å². The minimum atomic E-state index is 0.106. The van der Waals surface area contributed by atoms with Crippen molar-refractivity contribution in [3.05, 3.63) is 70.3 Å². The lowest BCUT2D eigenvalue weighted by Crippen LogP contribution is -2.24. The summed E-state index contributed by atoms with van der Waals surface area (Å²) in [6, 6.07) is 15.2. The van der Waals surface area contributed by atoms with Crippen molar-refractivity contribution in [3.63, 3.8) is 0 Å². The van der Waals surface area contributed by atoms with Crippen LogP contribution in [0.25, 0.3) is 0 Å². The summed E-state index contributed by atoms with van der Waals surface area (Å²) < 4.78 is 0. The molecule has 1 amide bonds. The van der Waals surface area contributed by atoms with E-state index in [9.17, 15) is 4.79 Å². The Bertz CT molecular complexity index is 748. The number of amides is 1. The molecule has 0 aliphatic carbocycles. The molecule has 3 rings (SSSR count). The van der Waals surface area contributed by atoms with Gasteiger partial charge in [-0.2, -0.15) is 0 Å². The number of benzene rings is 2. The Kier molecular flexibility index (Phi) is 7.36. The summed E-state index contributed by atoms with van der Waals surface area (Å²) in [5.74, 6) is 1.48. The summed E-state index contributed by atoms with van der Waals surface area (Å²) in [7, 11) is 0. The monoisotopic (exact) mass is 382 g/mol. The van der Waals surface area contributed by atoms with Gasteiger partial charge in [0.05, 0.1) is 5.75 Å². The molecule has 0 radical (unpaired) electrons. The van der Waals surface area contributed by atoms with Gasteiger partial charge >= 0.3 is 0 Å². The molecule has 0 spiro atoms. The normalized spacial score (nSPS) is 14.4. The molecule has 1 N–H and O–H groups in total. The average molecular weight is 383 g/mol. The smallest absolute Gasteiger partial charge is 0.230 e. The Balaban J connectivity index is 1.40. The maximum absolute atomic E-state index is 12.2. The molecular weight excluding hydrogens is 352 g/mol. The largest absolute Gasteiger partial charge is 0.351 e. The molecule has 1 saturated heterocycles. The number of hydrogen-bond acceptors (Lipinski definition) is 3. The van der Waals surface area contributed by atoms with E-state index in [0.29, 0.717) is 12.3 Å². The SMILES string of the molecule is Cc1cc(C)cc(CSCC(=O)NCc2cccc(CN3CCCC3)c2)c1. The molecule has 0 aromatic heterocycles. The zero-order valence-electron chi connectivity index (χ0n) is 16.5. The lowest BCUT2D eigenvalue weighted by Gasteiger charge is -2.15. The van der Waals surface area contributed by atoms with Crippen LogP contribution in [-0.4, -0.2) is 29.6 Å². The van der Waals surface area contributed by atoms with Gasteiger partial charge < -0.3 is 5.32 Å². The van der Waals surface area contributed by atoms with Crippen molar-refractivity contribution in [1.82, 2.24) is 10.2 Å². The molecule has 1 aliphatic heterocycles. The van der Waals surface area contributed by atoms with Crippen molar-refractivity contribution >= 4 is 17.7 Å². The molecule has 3 nitrogen and oxygen atoms in total. The number of likely N-dealkylation sites (tertiary alicyclic amines) is 1. The van der Waals surface area contributed by atoms with Crippen LogP contribution in [0.5, 0.6) is 0 Å². The van der Waals surface area contributed by atoms with E-state index >= 15 is 0 Å². The van der Waals surface area contributed by atoms with E-state index in [1.54, 1.807) is 11.8 Å². The van der Waals surface area contributed by atoms with E-state index < -0.39 is 0 Å². The Labute approximate surface area is 167 Å². The highest BCUT2D eigenvalue weighted by Gasteiger charge is 2.11. The zero-order chi connectivity index (χ0) is 19.1. The van der Waals surface area contributed by atoms with Crippen LogP contribution >= 0.6 is 11.8 Å². The molecule has 0 bridgehead atoms. The standard InChI is InChI=1S/C23H30N2OS/c1-18-10-19(2)12-22(11-18)16-27-17-23(26)24-14-20-6-5-7-21(13-20)15-25-8-3-4-9-25/h5-7,10-13H,3-4,8-9,14-17H2,1-2H3,(H,24,26). The van der Waals surface area contributed by atoms with Crippen LogP contribution in [0.2, 0.25) is 0 Å². The molecule has 1 fully saturated rings. The summed E-state index contributed by atoms with van der Waals surface area (Å²) in [5.41, 5.74) is 6.37. The van der Waals surface area contributed by atoms with Gasteiger partial charge in [0.2, 0.25) is 5.91 Å². The fraction of sp³-hybridized carbons (Fsp3) is 0.435. The number of thioether (sulfide) groups is 1. The zero-order valence-corrected chi connectivity index (χ0v) is 17.3. The summed E-state index contributed by atoms with van der Waals surface area (Å²) >= 11 is 1.67. The first-order chi connectivity index (χ1) is 13.1. The van der Waals surface area contributed by atoms with Crippen molar-refractivity contribution in [3.8, 4) is 0 Å². The van der Waals surface area contributed by atoms with Crippen molar-refractivity contribution in [2.24, 2.45) is 0 Å². The number of aryl methyl sites for hydroxylation is 2. The highest BCUT2D eigenvalue weighted by Crippen LogP contribution is 2.16. The molecule has 1 heterocycles. The summed E-state index contributed by atoms with van der Waals surface area (Å²) in [4.78, 5) is 14.7. The Morgan fingerprint density at radius 1 is 1.00 bits per heavy atom. The molecule has 0 unspecified atom stereocenters. The van der Waals surface area contributed by atoms with E-state index in [4.69, 9.17) is 0 Å². The number of rotatable bonds is 8. The number of nitrogens with zero attached hydrogens (tertiary/aromatic N) is 1. The maximum Gasteiger partial charge on any atom is 0.230 e. The number of hydrogen-bond donors (Lipinski definition) is 1. The molecule has 144 valence electrons. The number of carbonyl (C=O) groups is 1. The minimum absolute atomic E-state index is 0.106. The molecule has 2 aromatic carbocycles. The predicted octanol–water partition coefficient (Wildman–Crippen LogP) is 4.45. The van der Waals surface area contributed by atoms with Gasteiger partial charge in [0.1, 0.15) is 0 Å². The third-order valence-corrected chi connectivity index (χ3v) is 5.87. The Morgan fingerprint density at radius 3 is 2.44 bits per heavy atom. The first-order valence-electron chi connectivity index (χ1n) is 9.80. The van der Waals surface area contributed by atoms with Gasteiger partial charge in [0.15, 0.2) is 0 Å². The molecule has 27 heavy (non-hydrogen) atoms. The predicted molar refractivity (Wildman–Crippen MR) is 115 cm³/mol. The first-order valence-corrected chi connectivity index (χ1v) is 11.0. The molecule has 2 aromatic rings. The average Bonchev–Trinajstić information content (AvgIpc) is 3.12. The second-order valence-electron chi connectivity index (χ2n) is 7.57. The van der Waals surface area contributed by atoms with Crippen molar-refractivity contribution in [1.29, 1.82) is 0 Å². The van der Waals surface area contributed by atoms with Gasteiger partial charge in [-0.15, -0.1) is 11.8 Å². The fourth-order valence-electron chi connectivity index (χ4n) is 3.70. The second-order valence-corrected chi connectivity index (χ2v) is 8.55. The van der Waals surface area contributed by atoms with E-state index in [1.807, 2.05) is 0 Å². The molecule has 0 saturated carbocycles. The number of nitrogens with one attached hydrogen (secondary N) is 1. The first kappa shape index (κ1) is 20.0. The fourth-order valence-corrected chi connectivity index (χ4v) is 4.49. The van der Waals surface area contributed by atoms with Gasteiger partial charge in [0, 0.05) is 18.8 Å². The highest BCUT2D eigenvalue weighted by molar-refractivity contribution is 7.99. The van der Waals surface area contributed by atoms with Gasteiger partial charge in [-0.1, -0.05) is 53.6 Å². The van der Waals surface area contributed by atoms with Gasteiger partial charge in [-0.3, -0.25) is 9.69 Å². The summed E-state index contributed by atoms with van der Waals surface area (Å²) in [6.45, 7) is 8.28. The van der Waals surface area contributed by atoms with Crippen LogP contribution < -0.4 is 5.32 Å². The van der Waals surface area contributed by atoms with Gasteiger partial charge in [-0.05, 0) is 56.5 Å².